The molecule has 0 bridgehead atoms. The van der Waals surface area contributed by atoms with Crippen LogP contribution in [0.4, 0.5) is 0 Å². The molecule has 0 N–H and O–H groups in total. The lowest BCUT2D eigenvalue weighted by molar-refractivity contribution is -0.137. The van der Waals surface area contributed by atoms with Gasteiger partial charge in [0.2, 0.25) is 0 Å². The van der Waals surface area contributed by atoms with E-state index in [0.717, 1.165) is 11.8 Å². The molecule has 90 valence electrons. The van der Waals surface area contributed by atoms with Gasteiger partial charge in [0.1, 0.15) is 0 Å². The number of carbonyl (C=O) groups excluding carboxylic acids is 3. The highest BCUT2D eigenvalue weighted by Crippen LogP contribution is 2.27. The van der Waals surface area contributed by atoms with E-state index in [1.54, 1.807) is 13.8 Å². The third kappa shape index (κ3) is 4.40. The maximum absolute atomic E-state index is 11.4. The van der Waals surface area contributed by atoms with Crippen LogP contribution in [0.1, 0.15) is 13.8 Å². The third-order valence-electron chi connectivity index (χ3n) is 1.79. The van der Waals surface area contributed by atoms with Crippen LogP contribution in [0.25, 0.3) is 0 Å². The Labute approximate surface area is 103 Å². The fraction of sp³-hybridized carbons (Fsp3) is 0.250. The van der Waals surface area contributed by atoms with E-state index in [-0.39, 0.29) is 11.6 Å². The van der Waals surface area contributed by atoms with Crippen molar-refractivity contribution in [3.63, 3.8) is 0 Å². The van der Waals surface area contributed by atoms with Crippen LogP contribution in [0.15, 0.2) is 34.1 Å². The summed E-state index contributed by atoms with van der Waals surface area (Å²) in [6.07, 6.45) is 5.00. The van der Waals surface area contributed by atoms with Crippen LogP contribution in [0, 0.1) is 0 Å². The number of ether oxygens (including phenoxy) is 1. The molecular weight excluding hydrogens is 240 g/mol. The van der Waals surface area contributed by atoms with Crippen LogP contribution < -0.4 is 0 Å². The van der Waals surface area contributed by atoms with E-state index in [2.05, 4.69) is 0 Å². The first-order valence-electron chi connectivity index (χ1n) is 5.04. The van der Waals surface area contributed by atoms with Gasteiger partial charge in [-0.25, -0.2) is 4.79 Å². The molecule has 0 saturated carbocycles. The van der Waals surface area contributed by atoms with Crippen molar-refractivity contribution >= 4 is 29.3 Å². The van der Waals surface area contributed by atoms with Gasteiger partial charge >= 0.3 is 5.97 Å². The largest absolute Gasteiger partial charge is 0.463 e. The lowest BCUT2D eigenvalue weighted by Crippen LogP contribution is -2.05. The van der Waals surface area contributed by atoms with E-state index < -0.39 is 5.97 Å². The molecule has 0 aromatic rings. The number of hydrogen-bond donors (Lipinski definition) is 0. The van der Waals surface area contributed by atoms with Crippen molar-refractivity contribution in [2.75, 3.05) is 6.61 Å². The van der Waals surface area contributed by atoms with Gasteiger partial charge in [-0.05, 0) is 30.9 Å². The lowest BCUT2D eigenvalue weighted by Gasteiger charge is -2.06. The molecule has 17 heavy (non-hydrogen) atoms. The topological polar surface area (TPSA) is 60.4 Å². The third-order valence-corrected chi connectivity index (χ3v) is 2.77. The van der Waals surface area contributed by atoms with Crippen molar-refractivity contribution in [3.8, 4) is 0 Å². The van der Waals surface area contributed by atoms with E-state index in [1.807, 2.05) is 0 Å². The summed E-state index contributed by atoms with van der Waals surface area (Å²) in [5.74, 6) is -0.912. The van der Waals surface area contributed by atoms with Gasteiger partial charge in [-0.3, -0.25) is 9.59 Å². The average molecular weight is 252 g/mol. The van der Waals surface area contributed by atoms with E-state index in [9.17, 15) is 14.4 Å². The van der Waals surface area contributed by atoms with Crippen molar-refractivity contribution in [3.05, 3.63) is 34.1 Å². The number of hydrogen-bond acceptors (Lipinski definition) is 5. The zero-order chi connectivity index (χ0) is 12.8. The predicted molar refractivity (Wildman–Crippen MR) is 65.2 cm³/mol. The Morgan fingerprint density at radius 3 is 2.76 bits per heavy atom. The maximum Gasteiger partial charge on any atom is 0.331 e. The lowest BCUT2D eigenvalue weighted by atomic mass is 10.2. The minimum absolute atomic E-state index is 0.226. The summed E-state index contributed by atoms with van der Waals surface area (Å²) < 4.78 is 4.74. The molecule has 0 aromatic carbocycles. The van der Waals surface area contributed by atoms with Gasteiger partial charge < -0.3 is 4.74 Å². The number of rotatable bonds is 4. The Morgan fingerprint density at radius 1 is 1.41 bits per heavy atom. The zero-order valence-electron chi connectivity index (χ0n) is 9.56. The monoisotopic (exact) mass is 252 g/mol. The first kappa shape index (κ1) is 13.4. The van der Waals surface area contributed by atoms with Crippen molar-refractivity contribution in [2.45, 2.75) is 13.8 Å². The van der Waals surface area contributed by atoms with Gasteiger partial charge in [-0.15, -0.1) is 0 Å². The highest BCUT2D eigenvalue weighted by molar-refractivity contribution is 8.07. The summed E-state index contributed by atoms with van der Waals surface area (Å²) in [7, 11) is 0. The molecule has 0 atom stereocenters. The molecule has 0 spiro atoms. The summed E-state index contributed by atoms with van der Waals surface area (Å²) in [6.45, 7) is 3.69. The molecule has 0 unspecified atom stereocenters. The highest BCUT2D eigenvalue weighted by Gasteiger charge is 2.14. The zero-order valence-corrected chi connectivity index (χ0v) is 10.4. The number of ketones is 2. The fourth-order valence-electron chi connectivity index (χ4n) is 1.12. The van der Waals surface area contributed by atoms with E-state index in [0.29, 0.717) is 16.4 Å². The van der Waals surface area contributed by atoms with Crippen LogP contribution in [-0.4, -0.2) is 24.1 Å². The van der Waals surface area contributed by atoms with Gasteiger partial charge in [0, 0.05) is 12.2 Å². The van der Waals surface area contributed by atoms with Gasteiger partial charge in [0.05, 0.1) is 11.5 Å². The normalized spacial score (nSPS) is 15.9. The number of carbonyl (C=O) groups is 3. The molecule has 5 heteroatoms. The van der Waals surface area contributed by atoms with Gasteiger partial charge in [0.25, 0.3) is 0 Å². The van der Waals surface area contributed by atoms with Crippen molar-refractivity contribution in [1.29, 1.82) is 0 Å². The van der Waals surface area contributed by atoms with Crippen LogP contribution in [0.3, 0.4) is 0 Å². The van der Waals surface area contributed by atoms with Crippen LogP contribution in [0.5, 0.6) is 0 Å². The van der Waals surface area contributed by atoms with Gasteiger partial charge in [-0.1, -0.05) is 11.8 Å². The second-order valence-corrected chi connectivity index (χ2v) is 4.51. The molecule has 0 aliphatic heterocycles. The quantitative estimate of drug-likeness (QED) is 0.433. The average Bonchev–Trinajstić information content (AvgIpc) is 2.23. The molecule has 1 aliphatic carbocycles. The maximum atomic E-state index is 11.4. The Morgan fingerprint density at radius 2 is 2.12 bits per heavy atom. The van der Waals surface area contributed by atoms with Crippen molar-refractivity contribution in [2.24, 2.45) is 0 Å². The summed E-state index contributed by atoms with van der Waals surface area (Å²) in [6, 6.07) is 0. The number of esters is 1. The van der Waals surface area contributed by atoms with Gasteiger partial charge in [0.15, 0.2) is 11.6 Å². The van der Waals surface area contributed by atoms with Crippen molar-refractivity contribution in [1.82, 2.24) is 0 Å². The molecule has 1 rings (SSSR count). The van der Waals surface area contributed by atoms with Gasteiger partial charge in [-0.2, -0.15) is 0 Å². The number of allylic oxidation sites excluding steroid dienone is 5. The van der Waals surface area contributed by atoms with E-state index >= 15 is 0 Å². The number of thioether (sulfide) groups is 1. The smallest absolute Gasteiger partial charge is 0.331 e. The standard InChI is InChI=1S/C12H12O4S/c1-3-16-12(15)6-8(2)17-11-7-9(13)4-5-10(11)14/h4-7H,3H2,1-2H3/b8-6-. The Hall–Kier alpha value is -1.62. The molecule has 0 aromatic heterocycles. The predicted octanol–water partition coefficient (Wildman–Crippen LogP) is 1.78. The Balaban J connectivity index is 2.68. The van der Waals surface area contributed by atoms with Crippen LogP contribution in [0.2, 0.25) is 0 Å². The Bertz CT molecular complexity index is 443. The molecule has 0 heterocycles. The molecule has 0 amide bonds. The SMILES string of the molecule is CCOC(=O)/C=C(/C)SC1=CC(=O)C=CC1=O. The second-order valence-electron chi connectivity index (χ2n) is 3.22. The molecule has 4 nitrogen and oxygen atoms in total. The summed E-state index contributed by atoms with van der Waals surface area (Å²) in [5, 5.41) is 0. The Kier molecular flexibility index (Phi) is 4.90. The molecule has 0 radical (unpaired) electrons. The minimum atomic E-state index is -0.455. The molecule has 1 aliphatic rings. The van der Waals surface area contributed by atoms with Crippen LogP contribution in [-0.2, 0) is 19.1 Å². The molecule has 0 saturated heterocycles. The molecular formula is C12H12O4S. The minimum Gasteiger partial charge on any atom is -0.463 e. The first-order chi connectivity index (χ1) is 8.02. The van der Waals surface area contributed by atoms with Crippen molar-refractivity contribution < 1.29 is 19.1 Å². The highest BCUT2D eigenvalue weighted by atomic mass is 32.2. The summed E-state index contributed by atoms with van der Waals surface area (Å²) >= 11 is 1.09. The van der Waals surface area contributed by atoms with Crippen LogP contribution >= 0.6 is 11.8 Å². The summed E-state index contributed by atoms with van der Waals surface area (Å²) in [5.41, 5.74) is 0. The summed E-state index contributed by atoms with van der Waals surface area (Å²) in [4.78, 5) is 34.6. The first-order valence-corrected chi connectivity index (χ1v) is 5.85. The fourth-order valence-corrected chi connectivity index (χ4v) is 1.97. The van der Waals surface area contributed by atoms with E-state index in [4.69, 9.17) is 4.74 Å². The van der Waals surface area contributed by atoms with E-state index in [1.165, 1.54) is 24.3 Å². The second kappa shape index (κ2) is 6.20. The molecule has 0 fully saturated rings.